The average molecular weight is 443 g/mol. The van der Waals surface area contributed by atoms with Crippen LogP contribution in [0.25, 0.3) is 0 Å². The van der Waals surface area contributed by atoms with E-state index in [0.717, 1.165) is 5.56 Å². The Morgan fingerprint density at radius 1 is 0.969 bits per heavy atom. The van der Waals surface area contributed by atoms with Crippen LogP contribution in [0.1, 0.15) is 31.4 Å². The number of carbonyl (C=O) groups is 3. The van der Waals surface area contributed by atoms with Crippen LogP contribution in [0, 0.1) is 5.92 Å². The maximum Gasteiger partial charge on any atom is 0.408 e. The smallest absolute Gasteiger partial charge is 0.408 e. The van der Waals surface area contributed by atoms with Crippen LogP contribution in [-0.2, 0) is 32.1 Å². The summed E-state index contributed by atoms with van der Waals surface area (Å²) in [6.07, 6.45) is 0.0295. The number of hydrogen-bond acceptors (Lipinski definition) is 6. The van der Waals surface area contributed by atoms with E-state index >= 15 is 0 Å². The molecule has 0 heterocycles. The maximum atomic E-state index is 13.0. The Morgan fingerprint density at radius 2 is 1.62 bits per heavy atom. The van der Waals surface area contributed by atoms with Crippen LogP contribution in [0.2, 0.25) is 0 Å². The van der Waals surface area contributed by atoms with Crippen LogP contribution < -0.4 is 10.6 Å². The van der Waals surface area contributed by atoms with Gasteiger partial charge in [0.05, 0.1) is 7.11 Å². The number of aromatic hydroxyl groups is 1. The molecule has 8 nitrogen and oxygen atoms in total. The third-order valence-electron chi connectivity index (χ3n) is 5.16. The number of benzene rings is 2. The highest BCUT2D eigenvalue weighted by Gasteiger charge is 2.30. The number of esters is 1. The molecule has 0 aliphatic carbocycles. The van der Waals surface area contributed by atoms with Crippen molar-refractivity contribution in [2.75, 3.05) is 7.11 Å². The van der Waals surface area contributed by atoms with E-state index < -0.39 is 30.1 Å². The first kappa shape index (κ1) is 24.7. The summed E-state index contributed by atoms with van der Waals surface area (Å²) in [7, 11) is 1.26. The first-order chi connectivity index (χ1) is 15.3. The van der Waals surface area contributed by atoms with Crippen molar-refractivity contribution in [1.29, 1.82) is 0 Å². The Kier molecular flexibility index (Phi) is 9.53. The quantitative estimate of drug-likeness (QED) is 0.488. The van der Waals surface area contributed by atoms with Gasteiger partial charge >= 0.3 is 12.1 Å². The Balaban J connectivity index is 2.12. The van der Waals surface area contributed by atoms with Gasteiger partial charge in [-0.15, -0.1) is 0 Å². The number of phenolic OH excluding ortho intramolecular Hbond substituents is 1. The van der Waals surface area contributed by atoms with Gasteiger partial charge in [0, 0.05) is 6.42 Å². The number of methoxy groups -OCH3 is 1. The first-order valence-corrected chi connectivity index (χ1v) is 10.5. The molecular formula is C24H30N2O6. The van der Waals surface area contributed by atoms with E-state index in [1.54, 1.807) is 12.1 Å². The largest absolute Gasteiger partial charge is 0.508 e. The third-order valence-corrected chi connectivity index (χ3v) is 5.16. The second-order valence-electron chi connectivity index (χ2n) is 7.52. The Labute approximate surface area is 187 Å². The summed E-state index contributed by atoms with van der Waals surface area (Å²) in [4.78, 5) is 37.6. The number of phenols is 1. The number of rotatable bonds is 10. The highest BCUT2D eigenvalue weighted by molar-refractivity contribution is 5.90. The summed E-state index contributed by atoms with van der Waals surface area (Å²) in [5.74, 6) is -1.16. The van der Waals surface area contributed by atoms with Gasteiger partial charge in [0.2, 0.25) is 5.91 Å². The Hall–Kier alpha value is -3.55. The fraction of sp³-hybridized carbons (Fsp3) is 0.375. The summed E-state index contributed by atoms with van der Waals surface area (Å²) in [6.45, 7) is 3.79. The fourth-order valence-corrected chi connectivity index (χ4v) is 3.03. The van der Waals surface area contributed by atoms with Crippen molar-refractivity contribution in [3.05, 3.63) is 65.7 Å². The molecule has 2 aromatic carbocycles. The predicted molar refractivity (Wildman–Crippen MR) is 119 cm³/mol. The number of amides is 2. The van der Waals surface area contributed by atoms with E-state index in [9.17, 15) is 19.5 Å². The van der Waals surface area contributed by atoms with Gasteiger partial charge in [-0.3, -0.25) is 4.79 Å². The van der Waals surface area contributed by atoms with E-state index in [1.165, 1.54) is 19.2 Å². The molecule has 0 bridgehead atoms. The van der Waals surface area contributed by atoms with E-state index in [0.29, 0.717) is 12.0 Å². The molecule has 2 aromatic rings. The summed E-state index contributed by atoms with van der Waals surface area (Å²) in [5.41, 5.74) is 1.52. The van der Waals surface area contributed by atoms with Gasteiger partial charge in [0.1, 0.15) is 24.4 Å². The molecule has 0 fully saturated rings. The van der Waals surface area contributed by atoms with E-state index in [4.69, 9.17) is 9.47 Å². The van der Waals surface area contributed by atoms with Gasteiger partial charge in [-0.25, -0.2) is 9.59 Å². The molecule has 0 aliphatic heterocycles. The molecule has 2 rings (SSSR count). The lowest BCUT2D eigenvalue weighted by Crippen LogP contribution is -2.54. The van der Waals surface area contributed by atoms with Gasteiger partial charge in [0.15, 0.2) is 0 Å². The van der Waals surface area contributed by atoms with Crippen molar-refractivity contribution in [3.8, 4) is 5.75 Å². The maximum absolute atomic E-state index is 13.0. The summed E-state index contributed by atoms with van der Waals surface area (Å²) < 4.78 is 10.1. The lowest BCUT2D eigenvalue weighted by Gasteiger charge is -2.25. The second kappa shape index (κ2) is 12.3. The number of alkyl carbamates (subject to hydrolysis) is 1. The molecule has 8 heteroatoms. The zero-order valence-corrected chi connectivity index (χ0v) is 18.5. The Bertz CT molecular complexity index is 885. The predicted octanol–water partition coefficient (Wildman–Crippen LogP) is 2.93. The Morgan fingerprint density at radius 3 is 2.22 bits per heavy atom. The van der Waals surface area contributed by atoms with Gasteiger partial charge < -0.3 is 25.2 Å². The number of ether oxygens (including phenoxy) is 2. The number of carbonyl (C=O) groups excluding carboxylic acids is 3. The van der Waals surface area contributed by atoms with Crippen LogP contribution in [0.3, 0.4) is 0 Å². The van der Waals surface area contributed by atoms with Crippen LogP contribution >= 0.6 is 0 Å². The molecule has 0 saturated heterocycles. The average Bonchev–Trinajstić information content (AvgIpc) is 2.81. The molecule has 172 valence electrons. The van der Waals surface area contributed by atoms with E-state index in [1.807, 2.05) is 44.2 Å². The molecule has 0 radical (unpaired) electrons. The van der Waals surface area contributed by atoms with E-state index in [2.05, 4.69) is 10.6 Å². The topological polar surface area (TPSA) is 114 Å². The molecule has 0 saturated carbocycles. The van der Waals surface area contributed by atoms with Crippen molar-refractivity contribution >= 4 is 18.0 Å². The minimum absolute atomic E-state index is 0.0534. The number of hydrogen-bond donors (Lipinski definition) is 3. The molecule has 3 N–H and O–H groups in total. The fourth-order valence-electron chi connectivity index (χ4n) is 3.03. The summed E-state index contributed by atoms with van der Waals surface area (Å²) in [5, 5.41) is 14.8. The molecule has 0 unspecified atom stereocenters. The zero-order valence-electron chi connectivity index (χ0n) is 18.5. The van der Waals surface area contributed by atoms with Gasteiger partial charge in [-0.2, -0.15) is 0 Å². The van der Waals surface area contributed by atoms with E-state index in [-0.39, 0.29) is 24.7 Å². The number of nitrogens with one attached hydrogen (secondary N) is 2. The SMILES string of the molecule is CC[C@H](C)[C@@H](NC(=O)[C@@H](Cc1ccc(O)cc1)NC(=O)OCc1ccccc1)C(=O)OC. The minimum Gasteiger partial charge on any atom is -0.508 e. The third kappa shape index (κ3) is 7.61. The molecule has 0 spiro atoms. The molecule has 0 aromatic heterocycles. The highest BCUT2D eigenvalue weighted by atomic mass is 16.5. The molecular weight excluding hydrogens is 412 g/mol. The van der Waals surface area contributed by atoms with Crippen LogP contribution in [0.15, 0.2) is 54.6 Å². The highest BCUT2D eigenvalue weighted by Crippen LogP contribution is 2.13. The molecule has 32 heavy (non-hydrogen) atoms. The molecule has 0 aliphatic rings. The summed E-state index contributed by atoms with van der Waals surface area (Å²) >= 11 is 0. The van der Waals surface area contributed by atoms with Crippen LogP contribution in [-0.4, -0.2) is 42.3 Å². The van der Waals surface area contributed by atoms with Gasteiger partial charge in [0.25, 0.3) is 0 Å². The van der Waals surface area contributed by atoms with Crippen LogP contribution in [0.4, 0.5) is 4.79 Å². The lowest BCUT2D eigenvalue weighted by molar-refractivity contribution is -0.146. The first-order valence-electron chi connectivity index (χ1n) is 10.5. The second-order valence-corrected chi connectivity index (χ2v) is 7.52. The normalized spacial score (nSPS) is 13.3. The summed E-state index contributed by atoms with van der Waals surface area (Å²) in [6, 6.07) is 13.6. The van der Waals surface area contributed by atoms with Crippen LogP contribution in [0.5, 0.6) is 5.75 Å². The van der Waals surface area contributed by atoms with Gasteiger partial charge in [-0.05, 0) is 29.2 Å². The molecule has 3 atom stereocenters. The minimum atomic E-state index is -1.00. The van der Waals surface area contributed by atoms with Crippen molar-refractivity contribution in [1.82, 2.24) is 10.6 Å². The molecule has 2 amide bonds. The zero-order chi connectivity index (χ0) is 23.5. The lowest BCUT2D eigenvalue weighted by atomic mass is 9.98. The standard InChI is InChI=1S/C24H30N2O6/c1-4-16(2)21(23(29)31-3)26-22(28)20(14-17-10-12-19(27)13-11-17)25-24(30)32-15-18-8-6-5-7-9-18/h5-13,16,20-21,27H,4,14-15H2,1-3H3,(H,25,30)(H,26,28)/t16-,20+,21+/m0/s1. The van der Waals surface area contributed by atoms with Crippen molar-refractivity contribution < 1.29 is 29.0 Å². The van der Waals surface area contributed by atoms with Crippen molar-refractivity contribution in [2.45, 2.75) is 45.4 Å². The van der Waals surface area contributed by atoms with Crippen molar-refractivity contribution in [3.63, 3.8) is 0 Å². The van der Waals surface area contributed by atoms with Crippen molar-refractivity contribution in [2.24, 2.45) is 5.92 Å². The monoisotopic (exact) mass is 442 g/mol. The van der Waals surface area contributed by atoms with Gasteiger partial charge in [-0.1, -0.05) is 62.7 Å².